The van der Waals surface area contributed by atoms with E-state index in [1.165, 1.54) is 24.0 Å². The molecule has 0 unspecified atom stereocenters. The SMILES string of the molecule is C[C@H]1[C@@H](NC(=O)COC(=O)COc2ccc3c(c2)CCC3)CCC[C@@H]1C. The summed E-state index contributed by atoms with van der Waals surface area (Å²) in [5, 5.41) is 3.00. The Morgan fingerprint density at radius 3 is 2.73 bits per heavy atom. The summed E-state index contributed by atoms with van der Waals surface area (Å²) in [7, 11) is 0. The number of benzene rings is 1. The van der Waals surface area contributed by atoms with Gasteiger partial charge >= 0.3 is 5.97 Å². The summed E-state index contributed by atoms with van der Waals surface area (Å²) in [6.07, 6.45) is 6.69. The first-order valence-electron chi connectivity index (χ1n) is 9.72. The number of carbonyl (C=O) groups is 2. The van der Waals surface area contributed by atoms with E-state index in [4.69, 9.17) is 9.47 Å². The van der Waals surface area contributed by atoms with Crippen LogP contribution in [0.3, 0.4) is 0 Å². The number of amides is 1. The van der Waals surface area contributed by atoms with Gasteiger partial charge in [0, 0.05) is 6.04 Å². The van der Waals surface area contributed by atoms with Crippen molar-refractivity contribution in [3.63, 3.8) is 0 Å². The Hall–Kier alpha value is -2.04. The Bertz CT molecular complexity index is 657. The Balaban J connectivity index is 1.37. The van der Waals surface area contributed by atoms with Crippen molar-refractivity contribution in [1.82, 2.24) is 5.32 Å². The van der Waals surface area contributed by atoms with Gasteiger partial charge in [-0.3, -0.25) is 4.79 Å². The fourth-order valence-electron chi connectivity index (χ4n) is 4.00. The van der Waals surface area contributed by atoms with Gasteiger partial charge in [0.1, 0.15) is 5.75 Å². The van der Waals surface area contributed by atoms with Crippen molar-refractivity contribution in [2.24, 2.45) is 11.8 Å². The largest absolute Gasteiger partial charge is 0.482 e. The number of fused-ring (bicyclic) bond motifs is 1. The molecule has 5 nitrogen and oxygen atoms in total. The fraction of sp³-hybridized carbons (Fsp3) is 0.619. The number of carbonyl (C=O) groups excluding carboxylic acids is 2. The third-order valence-electron chi connectivity index (χ3n) is 5.84. The first kappa shape index (κ1) is 18.7. The van der Waals surface area contributed by atoms with E-state index in [9.17, 15) is 9.59 Å². The van der Waals surface area contributed by atoms with Gasteiger partial charge in [-0.1, -0.05) is 32.8 Å². The van der Waals surface area contributed by atoms with Crippen molar-refractivity contribution in [3.05, 3.63) is 29.3 Å². The summed E-state index contributed by atoms with van der Waals surface area (Å²) in [6.45, 7) is 3.97. The van der Waals surface area contributed by atoms with Crippen LogP contribution in [-0.4, -0.2) is 31.1 Å². The van der Waals surface area contributed by atoms with Gasteiger partial charge in [-0.15, -0.1) is 0 Å². The van der Waals surface area contributed by atoms with Crippen molar-refractivity contribution in [1.29, 1.82) is 0 Å². The molecule has 1 N–H and O–H groups in total. The lowest BCUT2D eigenvalue weighted by atomic mass is 9.78. The van der Waals surface area contributed by atoms with Gasteiger partial charge in [0.05, 0.1) is 0 Å². The van der Waals surface area contributed by atoms with Crippen LogP contribution in [0.4, 0.5) is 0 Å². The molecule has 0 aliphatic heterocycles. The van der Waals surface area contributed by atoms with E-state index >= 15 is 0 Å². The highest BCUT2D eigenvalue weighted by Gasteiger charge is 2.28. The smallest absolute Gasteiger partial charge is 0.344 e. The standard InChI is InChI=1S/C21H29NO4/c1-14-5-3-8-19(15(14)2)22-20(23)12-26-21(24)13-25-18-10-9-16-6-4-7-17(16)11-18/h9-11,14-15,19H,3-8,12-13H2,1-2H3,(H,22,23)/t14-,15+,19-/m0/s1. The maximum atomic E-state index is 12.0. The highest BCUT2D eigenvalue weighted by atomic mass is 16.6. The summed E-state index contributed by atoms with van der Waals surface area (Å²) in [5.74, 6) is 0.980. The summed E-state index contributed by atoms with van der Waals surface area (Å²) < 4.78 is 10.5. The van der Waals surface area contributed by atoms with Crippen LogP contribution in [0.2, 0.25) is 0 Å². The zero-order valence-electron chi connectivity index (χ0n) is 15.8. The molecule has 2 aliphatic rings. The second-order valence-electron chi connectivity index (χ2n) is 7.67. The third kappa shape index (κ3) is 4.77. The summed E-state index contributed by atoms with van der Waals surface area (Å²) in [4.78, 5) is 23.9. The highest BCUT2D eigenvalue weighted by Crippen LogP contribution is 2.29. The fourth-order valence-corrected chi connectivity index (χ4v) is 4.00. The van der Waals surface area contributed by atoms with Crippen LogP contribution in [0.1, 0.15) is 50.7 Å². The molecule has 1 aromatic rings. The zero-order chi connectivity index (χ0) is 18.5. The van der Waals surface area contributed by atoms with Crippen LogP contribution in [0.5, 0.6) is 5.75 Å². The van der Waals surface area contributed by atoms with Crippen LogP contribution in [0, 0.1) is 11.8 Å². The first-order chi connectivity index (χ1) is 12.5. The van der Waals surface area contributed by atoms with E-state index in [0.29, 0.717) is 17.6 Å². The van der Waals surface area contributed by atoms with Gasteiger partial charge in [-0.05, 0) is 60.8 Å². The number of aryl methyl sites for hydroxylation is 2. The molecule has 1 amide bonds. The van der Waals surface area contributed by atoms with Crippen LogP contribution >= 0.6 is 0 Å². The maximum Gasteiger partial charge on any atom is 0.344 e. The number of esters is 1. The van der Waals surface area contributed by atoms with Crippen molar-refractivity contribution in [2.75, 3.05) is 13.2 Å². The Morgan fingerprint density at radius 2 is 1.88 bits per heavy atom. The van der Waals surface area contributed by atoms with Crippen molar-refractivity contribution in [3.8, 4) is 5.75 Å². The molecule has 1 saturated carbocycles. The molecule has 0 bridgehead atoms. The van der Waals surface area contributed by atoms with Crippen molar-refractivity contribution in [2.45, 2.75) is 58.4 Å². The normalized spacial score (nSPS) is 24.6. The molecule has 5 heteroatoms. The average molecular weight is 359 g/mol. The van der Waals surface area contributed by atoms with E-state index in [1.54, 1.807) is 0 Å². The van der Waals surface area contributed by atoms with Crippen molar-refractivity contribution >= 4 is 11.9 Å². The molecule has 0 spiro atoms. The summed E-state index contributed by atoms with van der Waals surface area (Å²) in [6, 6.07) is 6.11. The minimum Gasteiger partial charge on any atom is -0.482 e. The molecular weight excluding hydrogens is 330 g/mol. The van der Waals surface area contributed by atoms with Gasteiger partial charge in [0.25, 0.3) is 5.91 Å². The average Bonchev–Trinajstić information content (AvgIpc) is 3.10. The quantitative estimate of drug-likeness (QED) is 0.793. The molecule has 1 aromatic carbocycles. The lowest BCUT2D eigenvalue weighted by molar-refractivity contribution is -0.150. The second kappa shape index (κ2) is 8.56. The van der Waals surface area contributed by atoms with Gasteiger partial charge in [-0.2, -0.15) is 0 Å². The van der Waals surface area contributed by atoms with Crippen LogP contribution in [0.25, 0.3) is 0 Å². The predicted octanol–water partition coefficient (Wildman–Crippen LogP) is 3.04. The van der Waals surface area contributed by atoms with Crippen LogP contribution < -0.4 is 10.1 Å². The predicted molar refractivity (Wildman–Crippen MR) is 99.0 cm³/mol. The third-order valence-corrected chi connectivity index (χ3v) is 5.84. The molecule has 0 saturated heterocycles. The minimum absolute atomic E-state index is 0.174. The molecule has 3 rings (SSSR count). The van der Waals surface area contributed by atoms with Gasteiger partial charge in [-0.25, -0.2) is 4.79 Å². The van der Waals surface area contributed by atoms with Gasteiger partial charge in [0.2, 0.25) is 0 Å². The number of hydrogen-bond donors (Lipinski definition) is 1. The van der Waals surface area contributed by atoms with Gasteiger partial charge in [0.15, 0.2) is 13.2 Å². The molecule has 2 aliphatic carbocycles. The number of nitrogens with one attached hydrogen (secondary N) is 1. The Morgan fingerprint density at radius 1 is 1.08 bits per heavy atom. The zero-order valence-corrected chi connectivity index (χ0v) is 15.8. The number of hydrogen-bond acceptors (Lipinski definition) is 4. The lowest BCUT2D eigenvalue weighted by Crippen LogP contribution is -2.45. The molecule has 1 fully saturated rings. The lowest BCUT2D eigenvalue weighted by Gasteiger charge is -2.34. The maximum absolute atomic E-state index is 12.0. The topological polar surface area (TPSA) is 64.6 Å². The highest BCUT2D eigenvalue weighted by molar-refractivity contribution is 5.81. The van der Waals surface area contributed by atoms with Crippen LogP contribution in [-0.2, 0) is 27.2 Å². The second-order valence-corrected chi connectivity index (χ2v) is 7.67. The van der Waals surface area contributed by atoms with E-state index in [2.05, 4.69) is 25.2 Å². The molecule has 142 valence electrons. The molecule has 26 heavy (non-hydrogen) atoms. The van der Waals surface area contributed by atoms with E-state index in [1.807, 2.05) is 12.1 Å². The van der Waals surface area contributed by atoms with Crippen molar-refractivity contribution < 1.29 is 19.1 Å². The van der Waals surface area contributed by atoms with E-state index in [0.717, 1.165) is 25.7 Å². The van der Waals surface area contributed by atoms with Gasteiger partial charge < -0.3 is 14.8 Å². The Kier molecular flexibility index (Phi) is 6.17. The molecule has 0 heterocycles. The minimum atomic E-state index is -0.522. The number of ether oxygens (including phenoxy) is 2. The van der Waals surface area contributed by atoms with E-state index < -0.39 is 5.97 Å². The Labute approximate surface area is 155 Å². The molecule has 0 aromatic heterocycles. The van der Waals surface area contributed by atoms with Crippen LogP contribution in [0.15, 0.2) is 18.2 Å². The monoisotopic (exact) mass is 359 g/mol. The van der Waals surface area contributed by atoms with E-state index in [-0.39, 0.29) is 25.2 Å². The number of rotatable bonds is 6. The molecule has 0 radical (unpaired) electrons. The molecule has 3 atom stereocenters. The summed E-state index contributed by atoms with van der Waals surface area (Å²) in [5.41, 5.74) is 2.66. The first-order valence-corrected chi connectivity index (χ1v) is 9.72. The molecular formula is C21H29NO4. The summed E-state index contributed by atoms with van der Waals surface area (Å²) >= 11 is 0.